The van der Waals surface area contributed by atoms with Crippen LogP contribution < -0.4 is 5.73 Å². The summed E-state index contributed by atoms with van der Waals surface area (Å²) in [6.07, 6.45) is -0.548. The summed E-state index contributed by atoms with van der Waals surface area (Å²) >= 11 is 9.10. The minimum absolute atomic E-state index is 0.104. The number of aliphatic hydroxyl groups excluding tert-OH is 1. The van der Waals surface area contributed by atoms with Crippen molar-refractivity contribution >= 4 is 39.3 Å². The summed E-state index contributed by atoms with van der Waals surface area (Å²) in [6.45, 7) is 0.104. The molecule has 2 atom stereocenters. The first kappa shape index (κ1) is 14.3. The number of benzene rings is 1. The molecule has 0 aromatic heterocycles. The van der Waals surface area contributed by atoms with E-state index in [9.17, 15) is 14.7 Å². The summed E-state index contributed by atoms with van der Waals surface area (Å²) < 4.78 is 0.593. The number of likely N-dealkylation sites (tertiary alicyclic amines) is 1. The Kier molecular flexibility index (Phi) is 4.13. The zero-order chi connectivity index (χ0) is 14.2. The van der Waals surface area contributed by atoms with Crippen molar-refractivity contribution in [2.45, 2.75) is 18.6 Å². The molecule has 1 saturated heterocycles. The second kappa shape index (κ2) is 5.48. The molecule has 2 unspecified atom stereocenters. The minimum atomic E-state index is -0.767. The van der Waals surface area contributed by atoms with Gasteiger partial charge in [-0.05, 0) is 34.1 Å². The van der Waals surface area contributed by atoms with Crippen molar-refractivity contribution in [2.75, 3.05) is 6.54 Å². The van der Waals surface area contributed by atoms with Crippen LogP contribution >= 0.6 is 27.5 Å². The monoisotopic (exact) mass is 346 g/mol. The molecular formula is C12H12BrClN2O3. The van der Waals surface area contributed by atoms with Crippen LogP contribution in [0.4, 0.5) is 0 Å². The van der Waals surface area contributed by atoms with Gasteiger partial charge in [0.25, 0.3) is 5.91 Å². The van der Waals surface area contributed by atoms with E-state index in [0.717, 1.165) is 0 Å². The maximum atomic E-state index is 12.3. The largest absolute Gasteiger partial charge is 0.391 e. The smallest absolute Gasteiger partial charge is 0.254 e. The molecule has 2 amide bonds. The Hall–Kier alpha value is -1.11. The van der Waals surface area contributed by atoms with Crippen molar-refractivity contribution in [2.24, 2.45) is 5.73 Å². The molecule has 1 aliphatic rings. The van der Waals surface area contributed by atoms with Crippen LogP contribution in [0.3, 0.4) is 0 Å². The quantitative estimate of drug-likeness (QED) is 0.842. The van der Waals surface area contributed by atoms with Crippen LogP contribution in [0.5, 0.6) is 0 Å². The molecule has 0 bridgehead atoms. The lowest BCUT2D eigenvalue weighted by molar-refractivity contribution is -0.121. The standard InChI is InChI=1S/C12H12BrClN2O3/c13-8-3-6(1-2-9(8)14)12(19)16-5-7(17)4-10(16)11(15)18/h1-3,7,10,17H,4-5H2,(H2,15,18). The van der Waals surface area contributed by atoms with E-state index in [1.54, 1.807) is 18.2 Å². The minimum Gasteiger partial charge on any atom is -0.391 e. The van der Waals surface area contributed by atoms with Gasteiger partial charge in [0.1, 0.15) is 6.04 Å². The maximum Gasteiger partial charge on any atom is 0.254 e. The van der Waals surface area contributed by atoms with Crippen LogP contribution in [0, 0.1) is 0 Å². The number of nitrogens with zero attached hydrogens (tertiary/aromatic N) is 1. The Morgan fingerprint density at radius 2 is 2.16 bits per heavy atom. The van der Waals surface area contributed by atoms with Crippen molar-refractivity contribution in [3.05, 3.63) is 33.3 Å². The summed E-state index contributed by atoms with van der Waals surface area (Å²) in [5.74, 6) is -0.962. The number of carbonyl (C=O) groups excluding carboxylic acids is 2. The molecule has 2 rings (SSSR count). The van der Waals surface area contributed by atoms with E-state index >= 15 is 0 Å². The Morgan fingerprint density at radius 1 is 1.47 bits per heavy atom. The van der Waals surface area contributed by atoms with E-state index in [-0.39, 0.29) is 18.9 Å². The van der Waals surface area contributed by atoms with E-state index in [2.05, 4.69) is 15.9 Å². The summed E-state index contributed by atoms with van der Waals surface area (Å²) in [5, 5.41) is 10.1. The van der Waals surface area contributed by atoms with Crippen LogP contribution in [0.2, 0.25) is 5.02 Å². The molecule has 102 valence electrons. The molecule has 19 heavy (non-hydrogen) atoms. The van der Waals surface area contributed by atoms with Gasteiger partial charge in [-0.15, -0.1) is 0 Å². The first-order chi connectivity index (χ1) is 8.90. The highest BCUT2D eigenvalue weighted by molar-refractivity contribution is 9.10. The summed E-state index contributed by atoms with van der Waals surface area (Å²) in [5.41, 5.74) is 5.63. The Balaban J connectivity index is 2.27. The number of hydrogen-bond donors (Lipinski definition) is 2. The molecule has 1 fully saturated rings. The number of amides is 2. The summed E-state index contributed by atoms with van der Waals surface area (Å²) in [7, 11) is 0. The Bertz CT molecular complexity index is 538. The number of β-amino-alcohol motifs (C(OH)–C–C–N with tert-alkyl or cyclic N) is 1. The number of rotatable bonds is 2. The van der Waals surface area contributed by atoms with Gasteiger partial charge in [0.15, 0.2) is 0 Å². The number of nitrogens with two attached hydrogens (primary N) is 1. The van der Waals surface area contributed by atoms with Gasteiger partial charge in [0.05, 0.1) is 11.1 Å². The van der Waals surface area contributed by atoms with Crippen molar-refractivity contribution in [1.29, 1.82) is 0 Å². The van der Waals surface area contributed by atoms with Crippen molar-refractivity contribution in [3.8, 4) is 0 Å². The molecule has 3 N–H and O–H groups in total. The molecule has 1 aliphatic heterocycles. The van der Waals surface area contributed by atoms with Gasteiger partial charge >= 0.3 is 0 Å². The molecule has 1 aromatic rings. The van der Waals surface area contributed by atoms with Crippen LogP contribution in [-0.4, -0.2) is 40.5 Å². The number of carbonyl (C=O) groups is 2. The van der Waals surface area contributed by atoms with Crippen LogP contribution in [0.25, 0.3) is 0 Å². The van der Waals surface area contributed by atoms with Gasteiger partial charge in [-0.1, -0.05) is 11.6 Å². The fourth-order valence-corrected chi connectivity index (χ4v) is 2.60. The van der Waals surface area contributed by atoms with Gasteiger partial charge < -0.3 is 15.7 Å². The third kappa shape index (κ3) is 2.91. The van der Waals surface area contributed by atoms with Crippen LogP contribution in [0.1, 0.15) is 16.8 Å². The molecule has 1 aromatic carbocycles. The Labute approximate surface area is 123 Å². The molecule has 5 nitrogen and oxygen atoms in total. The highest BCUT2D eigenvalue weighted by atomic mass is 79.9. The van der Waals surface area contributed by atoms with Crippen LogP contribution in [-0.2, 0) is 4.79 Å². The van der Waals surface area contributed by atoms with Gasteiger partial charge in [0, 0.05) is 23.0 Å². The van der Waals surface area contributed by atoms with Crippen LogP contribution in [0.15, 0.2) is 22.7 Å². The number of primary amides is 1. The van der Waals surface area contributed by atoms with Crippen molar-refractivity contribution < 1.29 is 14.7 Å². The molecule has 0 spiro atoms. The first-order valence-corrected chi connectivity index (χ1v) is 6.80. The van der Waals surface area contributed by atoms with E-state index in [4.69, 9.17) is 17.3 Å². The van der Waals surface area contributed by atoms with Gasteiger partial charge in [-0.3, -0.25) is 9.59 Å². The number of hydrogen-bond acceptors (Lipinski definition) is 3. The normalized spacial score (nSPS) is 22.6. The Morgan fingerprint density at radius 3 is 2.74 bits per heavy atom. The van der Waals surface area contributed by atoms with E-state index in [1.807, 2.05) is 0 Å². The topological polar surface area (TPSA) is 83.6 Å². The highest BCUT2D eigenvalue weighted by Gasteiger charge is 2.38. The number of aliphatic hydroxyl groups is 1. The molecular weight excluding hydrogens is 336 g/mol. The average Bonchev–Trinajstić information content (AvgIpc) is 2.74. The van der Waals surface area contributed by atoms with Crippen molar-refractivity contribution in [3.63, 3.8) is 0 Å². The maximum absolute atomic E-state index is 12.3. The second-order valence-corrected chi connectivity index (χ2v) is 5.66. The molecule has 0 aliphatic carbocycles. The molecule has 0 saturated carbocycles. The lowest BCUT2D eigenvalue weighted by Crippen LogP contribution is -2.43. The zero-order valence-corrected chi connectivity index (χ0v) is 12.2. The van der Waals surface area contributed by atoms with E-state index in [0.29, 0.717) is 15.1 Å². The first-order valence-electron chi connectivity index (χ1n) is 5.63. The van der Waals surface area contributed by atoms with Crippen molar-refractivity contribution in [1.82, 2.24) is 4.90 Å². The summed E-state index contributed by atoms with van der Waals surface area (Å²) in [4.78, 5) is 24.9. The fraction of sp³-hybridized carbons (Fsp3) is 0.333. The highest BCUT2D eigenvalue weighted by Crippen LogP contribution is 2.26. The third-order valence-corrected chi connectivity index (χ3v) is 4.25. The second-order valence-electron chi connectivity index (χ2n) is 4.39. The molecule has 1 heterocycles. The molecule has 7 heteroatoms. The van der Waals surface area contributed by atoms with E-state index < -0.39 is 18.1 Å². The van der Waals surface area contributed by atoms with Gasteiger partial charge in [-0.2, -0.15) is 0 Å². The predicted octanol–water partition coefficient (Wildman–Crippen LogP) is 1.16. The number of halogens is 2. The average molecular weight is 348 g/mol. The van der Waals surface area contributed by atoms with Gasteiger partial charge in [-0.25, -0.2) is 0 Å². The fourth-order valence-electron chi connectivity index (χ4n) is 2.10. The van der Waals surface area contributed by atoms with Gasteiger partial charge in [0.2, 0.25) is 5.91 Å². The lowest BCUT2D eigenvalue weighted by atomic mass is 10.1. The molecule has 0 radical (unpaired) electrons. The third-order valence-electron chi connectivity index (χ3n) is 3.03. The lowest BCUT2D eigenvalue weighted by Gasteiger charge is -2.22. The predicted molar refractivity (Wildman–Crippen MR) is 73.8 cm³/mol. The summed E-state index contributed by atoms with van der Waals surface area (Å²) in [6, 6.07) is 3.97. The zero-order valence-electron chi connectivity index (χ0n) is 9.85. The SMILES string of the molecule is NC(=O)C1CC(O)CN1C(=O)c1ccc(Cl)c(Br)c1. The van der Waals surface area contributed by atoms with E-state index in [1.165, 1.54) is 4.90 Å².